The van der Waals surface area contributed by atoms with E-state index in [-0.39, 0.29) is 5.69 Å². The molecule has 0 unspecified atom stereocenters. The van der Waals surface area contributed by atoms with Crippen LogP contribution in [0.1, 0.15) is 5.56 Å². The molecule has 0 radical (unpaired) electrons. The molecule has 0 fully saturated rings. The van der Waals surface area contributed by atoms with Gasteiger partial charge in [0.1, 0.15) is 5.75 Å². The predicted molar refractivity (Wildman–Crippen MR) is 73.3 cm³/mol. The average molecular weight is 256 g/mol. The van der Waals surface area contributed by atoms with Crippen LogP contribution >= 0.6 is 0 Å². The van der Waals surface area contributed by atoms with Crippen molar-refractivity contribution in [2.45, 2.75) is 0 Å². The summed E-state index contributed by atoms with van der Waals surface area (Å²) in [6.07, 6.45) is 1.59. The van der Waals surface area contributed by atoms with E-state index in [0.717, 1.165) is 11.4 Å². The normalized spacial score (nSPS) is 10.6. The summed E-state index contributed by atoms with van der Waals surface area (Å²) in [7, 11) is 1.60. The Bertz CT molecular complexity index is 606. The minimum absolute atomic E-state index is 0.0543. The van der Waals surface area contributed by atoms with E-state index in [1.165, 1.54) is 12.1 Å². The van der Waals surface area contributed by atoms with Gasteiger partial charge in [-0.1, -0.05) is 12.1 Å². The zero-order chi connectivity index (χ0) is 13.7. The van der Waals surface area contributed by atoms with Crippen molar-refractivity contribution in [3.8, 4) is 5.75 Å². The number of nitro benzene ring substituents is 1. The Balaban J connectivity index is 2.17. The Morgan fingerprint density at radius 3 is 2.58 bits per heavy atom. The van der Waals surface area contributed by atoms with E-state index in [0.29, 0.717) is 5.56 Å². The van der Waals surface area contributed by atoms with Gasteiger partial charge in [0.2, 0.25) is 0 Å². The Kier molecular flexibility index (Phi) is 3.87. The van der Waals surface area contributed by atoms with Crippen LogP contribution in [0.2, 0.25) is 0 Å². The number of hydrogen-bond donors (Lipinski definition) is 0. The first-order valence-corrected chi connectivity index (χ1v) is 5.61. The van der Waals surface area contributed by atoms with E-state index in [9.17, 15) is 10.1 Å². The SMILES string of the molecule is COc1ccc(N=Cc2cccc([N+](=O)[O-])c2)cc1. The Morgan fingerprint density at radius 1 is 1.21 bits per heavy atom. The molecular weight excluding hydrogens is 244 g/mol. The standard InChI is InChI=1S/C14H12N2O3/c1-19-14-7-5-12(6-8-14)15-10-11-3-2-4-13(9-11)16(17)18/h2-10H,1H3. The van der Waals surface area contributed by atoms with E-state index in [2.05, 4.69) is 4.99 Å². The number of rotatable bonds is 4. The number of nitrogens with zero attached hydrogens (tertiary/aromatic N) is 2. The van der Waals surface area contributed by atoms with Gasteiger partial charge in [-0.25, -0.2) is 0 Å². The minimum Gasteiger partial charge on any atom is -0.497 e. The van der Waals surface area contributed by atoms with Crippen LogP contribution in [0.15, 0.2) is 53.5 Å². The first-order valence-electron chi connectivity index (χ1n) is 5.61. The molecule has 0 saturated heterocycles. The maximum Gasteiger partial charge on any atom is 0.270 e. The molecule has 5 heteroatoms. The fraction of sp³-hybridized carbons (Fsp3) is 0.0714. The molecule has 2 aromatic rings. The summed E-state index contributed by atoms with van der Waals surface area (Å²) >= 11 is 0. The summed E-state index contributed by atoms with van der Waals surface area (Å²) in [4.78, 5) is 14.5. The lowest BCUT2D eigenvalue weighted by molar-refractivity contribution is -0.384. The number of benzene rings is 2. The van der Waals surface area contributed by atoms with Crippen LogP contribution in [-0.4, -0.2) is 18.2 Å². The average Bonchev–Trinajstić information content (AvgIpc) is 2.46. The van der Waals surface area contributed by atoms with Crippen LogP contribution in [0.5, 0.6) is 5.75 Å². The van der Waals surface area contributed by atoms with Gasteiger partial charge in [0.25, 0.3) is 5.69 Å². The predicted octanol–water partition coefficient (Wildman–Crippen LogP) is 3.35. The van der Waals surface area contributed by atoms with Gasteiger partial charge < -0.3 is 4.74 Å². The monoisotopic (exact) mass is 256 g/mol. The van der Waals surface area contributed by atoms with Gasteiger partial charge in [0.15, 0.2) is 0 Å². The third kappa shape index (κ3) is 3.38. The Hall–Kier alpha value is -2.69. The van der Waals surface area contributed by atoms with Crippen molar-refractivity contribution in [3.05, 3.63) is 64.2 Å². The van der Waals surface area contributed by atoms with Crippen LogP contribution in [0.4, 0.5) is 11.4 Å². The lowest BCUT2D eigenvalue weighted by Crippen LogP contribution is -1.89. The number of ether oxygens (including phenoxy) is 1. The molecule has 2 rings (SSSR count). The molecule has 0 spiro atoms. The molecule has 0 atom stereocenters. The smallest absolute Gasteiger partial charge is 0.270 e. The molecule has 0 aliphatic rings. The van der Waals surface area contributed by atoms with E-state index in [1.54, 1.807) is 37.6 Å². The highest BCUT2D eigenvalue weighted by Crippen LogP contribution is 2.18. The summed E-state index contributed by atoms with van der Waals surface area (Å²) < 4.78 is 5.05. The Morgan fingerprint density at radius 2 is 1.95 bits per heavy atom. The maximum absolute atomic E-state index is 10.6. The molecule has 0 aliphatic heterocycles. The quantitative estimate of drug-likeness (QED) is 0.478. The molecule has 0 aromatic heterocycles. The van der Waals surface area contributed by atoms with Gasteiger partial charge in [-0.3, -0.25) is 15.1 Å². The third-order valence-corrected chi connectivity index (χ3v) is 2.52. The molecule has 0 N–H and O–H groups in total. The second-order valence-corrected chi connectivity index (χ2v) is 3.81. The maximum atomic E-state index is 10.6. The van der Waals surface area contributed by atoms with Crippen LogP contribution in [0.25, 0.3) is 0 Å². The van der Waals surface area contributed by atoms with Gasteiger partial charge >= 0.3 is 0 Å². The third-order valence-electron chi connectivity index (χ3n) is 2.52. The highest BCUT2D eigenvalue weighted by atomic mass is 16.6. The van der Waals surface area contributed by atoms with Gasteiger partial charge in [-0.2, -0.15) is 0 Å². The van der Waals surface area contributed by atoms with Gasteiger partial charge in [0.05, 0.1) is 17.7 Å². The van der Waals surface area contributed by atoms with Crippen molar-refractivity contribution < 1.29 is 9.66 Å². The van der Waals surface area contributed by atoms with Crippen molar-refractivity contribution in [2.75, 3.05) is 7.11 Å². The highest BCUT2D eigenvalue weighted by molar-refractivity contribution is 5.82. The summed E-state index contributed by atoms with van der Waals surface area (Å²) in [6, 6.07) is 13.6. The lowest BCUT2D eigenvalue weighted by Gasteiger charge is -1.99. The van der Waals surface area contributed by atoms with Crippen molar-refractivity contribution >= 4 is 17.6 Å². The van der Waals surface area contributed by atoms with Gasteiger partial charge in [-0.15, -0.1) is 0 Å². The van der Waals surface area contributed by atoms with Crippen molar-refractivity contribution in [2.24, 2.45) is 4.99 Å². The van der Waals surface area contributed by atoms with Crippen molar-refractivity contribution in [1.29, 1.82) is 0 Å². The van der Waals surface area contributed by atoms with E-state index in [1.807, 2.05) is 12.1 Å². The number of methoxy groups -OCH3 is 1. The first-order chi connectivity index (χ1) is 9.19. The fourth-order valence-electron chi connectivity index (χ4n) is 1.54. The van der Waals surface area contributed by atoms with Gasteiger partial charge in [-0.05, 0) is 29.8 Å². The molecule has 19 heavy (non-hydrogen) atoms. The topological polar surface area (TPSA) is 64.7 Å². The van der Waals surface area contributed by atoms with Crippen LogP contribution in [0.3, 0.4) is 0 Å². The molecule has 5 nitrogen and oxygen atoms in total. The summed E-state index contributed by atoms with van der Waals surface area (Å²) in [5.41, 5.74) is 1.50. The van der Waals surface area contributed by atoms with Gasteiger partial charge in [0, 0.05) is 18.3 Å². The molecule has 96 valence electrons. The van der Waals surface area contributed by atoms with E-state index >= 15 is 0 Å². The molecular formula is C14H12N2O3. The Labute approximate surface area is 110 Å². The fourth-order valence-corrected chi connectivity index (χ4v) is 1.54. The summed E-state index contributed by atoms with van der Waals surface area (Å²) in [5.74, 6) is 0.759. The molecule has 0 amide bonds. The number of nitro groups is 1. The molecule has 0 heterocycles. The molecule has 0 aliphatic carbocycles. The van der Waals surface area contributed by atoms with Crippen molar-refractivity contribution in [3.63, 3.8) is 0 Å². The zero-order valence-electron chi connectivity index (χ0n) is 10.3. The summed E-state index contributed by atoms with van der Waals surface area (Å²) in [6.45, 7) is 0. The second kappa shape index (κ2) is 5.77. The largest absolute Gasteiger partial charge is 0.497 e. The minimum atomic E-state index is -0.426. The van der Waals surface area contributed by atoms with Crippen LogP contribution in [-0.2, 0) is 0 Å². The summed E-state index contributed by atoms with van der Waals surface area (Å²) in [5, 5.41) is 10.6. The number of hydrogen-bond acceptors (Lipinski definition) is 4. The van der Waals surface area contributed by atoms with Crippen LogP contribution in [0, 0.1) is 10.1 Å². The van der Waals surface area contributed by atoms with Crippen molar-refractivity contribution in [1.82, 2.24) is 0 Å². The lowest BCUT2D eigenvalue weighted by atomic mass is 10.2. The molecule has 0 saturated carbocycles. The second-order valence-electron chi connectivity index (χ2n) is 3.81. The zero-order valence-corrected chi connectivity index (χ0v) is 10.3. The first kappa shape index (κ1) is 12.8. The van der Waals surface area contributed by atoms with E-state index < -0.39 is 4.92 Å². The van der Waals surface area contributed by atoms with Crippen LogP contribution < -0.4 is 4.74 Å². The number of non-ortho nitro benzene ring substituents is 1. The number of aliphatic imine (C=N–C) groups is 1. The molecule has 2 aromatic carbocycles. The molecule has 0 bridgehead atoms. The highest BCUT2D eigenvalue weighted by Gasteiger charge is 2.03. The van der Waals surface area contributed by atoms with E-state index in [4.69, 9.17) is 4.74 Å².